The Morgan fingerprint density at radius 1 is 1.08 bits per heavy atom. The first-order valence-corrected chi connectivity index (χ1v) is 12.9. The first kappa shape index (κ1) is 22.8. The minimum atomic E-state index is -0.258. The molecular formula is C26H25FN6O2S. The van der Waals surface area contributed by atoms with Gasteiger partial charge in [0.1, 0.15) is 11.2 Å². The van der Waals surface area contributed by atoms with Crippen LogP contribution < -0.4 is 10.5 Å². The summed E-state index contributed by atoms with van der Waals surface area (Å²) in [6.45, 7) is 4.58. The molecule has 10 heteroatoms. The Morgan fingerprint density at radius 2 is 1.86 bits per heavy atom. The second kappa shape index (κ2) is 9.09. The average molecular weight is 505 g/mol. The molecule has 0 radical (unpaired) electrons. The third kappa shape index (κ3) is 4.05. The van der Waals surface area contributed by atoms with Crippen LogP contribution in [0.4, 0.5) is 10.1 Å². The van der Waals surface area contributed by atoms with Gasteiger partial charge in [0.25, 0.3) is 5.56 Å². The number of thioether (sulfide) groups is 1. The minimum Gasteiger partial charge on any atom is -0.368 e. The molecule has 0 aliphatic carbocycles. The zero-order valence-electron chi connectivity index (χ0n) is 19.8. The zero-order chi connectivity index (χ0) is 24.8. The van der Waals surface area contributed by atoms with E-state index >= 15 is 0 Å². The number of halogens is 1. The maximum Gasteiger partial charge on any atom is 0.265 e. The quantitative estimate of drug-likeness (QED) is 0.397. The summed E-state index contributed by atoms with van der Waals surface area (Å²) >= 11 is 1.50. The van der Waals surface area contributed by atoms with Crippen LogP contribution in [0, 0.1) is 12.7 Å². The van der Waals surface area contributed by atoms with Gasteiger partial charge in [-0.15, -0.1) is 0 Å². The number of nitrogens with zero attached hydrogens (tertiary/aromatic N) is 6. The van der Waals surface area contributed by atoms with Crippen LogP contribution in [0.5, 0.6) is 0 Å². The van der Waals surface area contributed by atoms with Gasteiger partial charge in [0.05, 0.1) is 17.9 Å². The molecule has 1 saturated heterocycles. The smallest absolute Gasteiger partial charge is 0.265 e. The number of piperazine rings is 1. The number of amides is 1. The molecule has 2 aromatic heterocycles. The molecule has 2 aliphatic heterocycles. The minimum absolute atomic E-state index is 0.0367. The number of aryl methyl sites for hydroxylation is 1. The fourth-order valence-corrected chi connectivity index (χ4v) is 6.06. The summed E-state index contributed by atoms with van der Waals surface area (Å²) in [6.07, 6.45) is 1.83. The fourth-order valence-electron chi connectivity index (χ4n) is 4.93. The molecule has 0 N–H and O–H groups in total. The Hall–Kier alpha value is -3.66. The van der Waals surface area contributed by atoms with E-state index in [9.17, 15) is 14.0 Å². The van der Waals surface area contributed by atoms with Gasteiger partial charge in [0.15, 0.2) is 10.8 Å². The number of carbonyl (C=O) groups excluding carboxylic acids is 1. The van der Waals surface area contributed by atoms with Gasteiger partial charge in [0.2, 0.25) is 5.91 Å². The van der Waals surface area contributed by atoms with E-state index in [2.05, 4.69) is 10.00 Å². The SMILES string of the molecule is Cc1cccc(-n2ncc3c(=O)n4c(nc32)SCC4CC(=O)N2CCN(c3ccc(F)cc3)CC2)c1. The highest BCUT2D eigenvalue weighted by molar-refractivity contribution is 7.99. The number of fused-ring (bicyclic) bond motifs is 2. The van der Waals surface area contributed by atoms with Crippen molar-refractivity contribution >= 4 is 34.4 Å². The summed E-state index contributed by atoms with van der Waals surface area (Å²) in [5.41, 5.74) is 3.29. The number of rotatable bonds is 4. The van der Waals surface area contributed by atoms with Gasteiger partial charge >= 0.3 is 0 Å². The number of anilines is 1. The average Bonchev–Trinajstić information content (AvgIpc) is 3.49. The first-order chi connectivity index (χ1) is 17.5. The van der Waals surface area contributed by atoms with Gasteiger partial charge in [-0.2, -0.15) is 5.10 Å². The van der Waals surface area contributed by atoms with Crippen LogP contribution in [0.3, 0.4) is 0 Å². The molecule has 4 aromatic rings. The van der Waals surface area contributed by atoms with E-state index in [0.29, 0.717) is 48.1 Å². The van der Waals surface area contributed by atoms with E-state index < -0.39 is 0 Å². The Morgan fingerprint density at radius 3 is 2.61 bits per heavy atom. The lowest BCUT2D eigenvalue weighted by Gasteiger charge is -2.36. The molecule has 0 bridgehead atoms. The monoisotopic (exact) mass is 504 g/mol. The molecular weight excluding hydrogens is 479 g/mol. The standard InChI is InChI=1S/C26H25FN6O2S/c1-17-3-2-4-20(13-17)33-24-22(15-28-33)25(35)32-21(16-36-26(32)29-24)14-23(34)31-11-9-30(10-12-31)19-7-5-18(27)6-8-19/h2-8,13,15,21H,9-12,14,16H2,1H3. The lowest BCUT2D eigenvalue weighted by Crippen LogP contribution is -2.49. The lowest BCUT2D eigenvalue weighted by atomic mass is 10.1. The molecule has 0 saturated carbocycles. The van der Waals surface area contributed by atoms with E-state index in [1.54, 1.807) is 27.6 Å². The molecule has 1 atom stereocenters. The summed E-state index contributed by atoms with van der Waals surface area (Å²) < 4.78 is 16.6. The summed E-state index contributed by atoms with van der Waals surface area (Å²) in [6, 6.07) is 14.1. The van der Waals surface area contributed by atoms with E-state index in [4.69, 9.17) is 4.98 Å². The van der Waals surface area contributed by atoms with Crippen molar-refractivity contribution in [1.29, 1.82) is 0 Å². The van der Waals surface area contributed by atoms with E-state index in [-0.39, 0.29) is 29.7 Å². The summed E-state index contributed by atoms with van der Waals surface area (Å²) in [5.74, 6) is 0.412. The van der Waals surface area contributed by atoms with E-state index in [1.165, 1.54) is 23.9 Å². The summed E-state index contributed by atoms with van der Waals surface area (Å²) in [5, 5.41) is 5.51. The van der Waals surface area contributed by atoms with Gasteiger partial charge in [0, 0.05) is 44.0 Å². The lowest BCUT2D eigenvalue weighted by molar-refractivity contribution is -0.132. The summed E-state index contributed by atoms with van der Waals surface area (Å²) in [4.78, 5) is 35.3. The zero-order valence-corrected chi connectivity index (χ0v) is 20.6. The second-order valence-electron chi connectivity index (χ2n) is 9.22. The van der Waals surface area contributed by atoms with Crippen molar-refractivity contribution in [3.8, 4) is 5.69 Å². The maximum absolute atomic E-state index is 13.4. The van der Waals surface area contributed by atoms with Crippen LogP contribution in [-0.2, 0) is 4.79 Å². The van der Waals surface area contributed by atoms with Gasteiger partial charge in [-0.1, -0.05) is 23.9 Å². The topological polar surface area (TPSA) is 76.3 Å². The van der Waals surface area contributed by atoms with Crippen LogP contribution in [0.15, 0.2) is 64.7 Å². The largest absolute Gasteiger partial charge is 0.368 e. The third-order valence-corrected chi connectivity index (χ3v) is 7.95. The van der Waals surface area contributed by atoms with Gasteiger partial charge in [-0.05, 0) is 48.9 Å². The Bertz CT molecular complexity index is 1510. The highest BCUT2D eigenvalue weighted by atomic mass is 32.2. The highest BCUT2D eigenvalue weighted by Crippen LogP contribution is 2.34. The highest BCUT2D eigenvalue weighted by Gasteiger charge is 2.31. The predicted octanol–water partition coefficient (Wildman–Crippen LogP) is 3.42. The summed E-state index contributed by atoms with van der Waals surface area (Å²) in [7, 11) is 0. The van der Waals surface area contributed by atoms with Crippen LogP contribution in [-0.4, -0.2) is 62.1 Å². The number of hydrogen-bond donors (Lipinski definition) is 0. The van der Waals surface area contributed by atoms with Gasteiger partial charge < -0.3 is 9.80 Å². The molecule has 36 heavy (non-hydrogen) atoms. The molecule has 2 aromatic carbocycles. The number of carbonyl (C=O) groups is 1. The van der Waals surface area contributed by atoms with Crippen molar-refractivity contribution in [2.24, 2.45) is 0 Å². The maximum atomic E-state index is 13.4. The second-order valence-corrected chi connectivity index (χ2v) is 10.2. The Kier molecular flexibility index (Phi) is 5.75. The molecule has 6 rings (SSSR count). The Balaban J connectivity index is 1.18. The number of hydrogen-bond acceptors (Lipinski definition) is 6. The number of benzene rings is 2. The van der Waals surface area contributed by atoms with Crippen molar-refractivity contribution in [3.63, 3.8) is 0 Å². The molecule has 4 heterocycles. The molecule has 1 fully saturated rings. The van der Waals surface area contributed by atoms with E-state index in [0.717, 1.165) is 16.9 Å². The molecule has 1 amide bonds. The predicted molar refractivity (Wildman–Crippen MR) is 137 cm³/mol. The molecule has 0 spiro atoms. The van der Waals surface area contributed by atoms with Crippen LogP contribution in [0.2, 0.25) is 0 Å². The van der Waals surface area contributed by atoms with Crippen molar-refractivity contribution in [2.75, 3.05) is 36.8 Å². The molecule has 1 unspecified atom stereocenters. The van der Waals surface area contributed by atoms with Gasteiger partial charge in [-0.25, -0.2) is 14.1 Å². The third-order valence-electron chi connectivity index (χ3n) is 6.85. The van der Waals surface area contributed by atoms with Crippen LogP contribution in [0.25, 0.3) is 16.7 Å². The van der Waals surface area contributed by atoms with Crippen molar-refractivity contribution in [3.05, 3.63) is 76.5 Å². The van der Waals surface area contributed by atoms with Crippen LogP contribution >= 0.6 is 11.8 Å². The van der Waals surface area contributed by atoms with Crippen molar-refractivity contribution in [1.82, 2.24) is 24.2 Å². The Labute approximate surface area is 211 Å². The first-order valence-electron chi connectivity index (χ1n) is 12.0. The number of aromatic nitrogens is 4. The fraction of sp³-hybridized carbons (Fsp3) is 0.308. The molecule has 184 valence electrons. The molecule has 8 nitrogen and oxygen atoms in total. The van der Waals surface area contributed by atoms with Crippen molar-refractivity contribution < 1.29 is 9.18 Å². The van der Waals surface area contributed by atoms with Gasteiger partial charge in [-0.3, -0.25) is 14.2 Å². The normalized spacial score (nSPS) is 17.6. The molecule has 2 aliphatic rings. The van der Waals surface area contributed by atoms with Crippen LogP contribution in [0.1, 0.15) is 18.0 Å². The van der Waals surface area contributed by atoms with Crippen molar-refractivity contribution in [2.45, 2.75) is 24.5 Å². The van der Waals surface area contributed by atoms with E-state index in [1.807, 2.05) is 36.1 Å².